The summed E-state index contributed by atoms with van der Waals surface area (Å²) in [5.41, 5.74) is 2.89. The molecule has 24 heavy (non-hydrogen) atoms. The van der Waals surface area contributed by atoms with Crippen LogP contribution in [0.2, 0.25) is 0 Å². The maximum atomic E-state index is 12.7. The van der Waals surface area contributed by atoms with Crippen molar-refractivity contribution in [3.8, 4) is 0 Å². The van der Waals surface area contributed by atoms with Crippen LogP contribution < -0.4 is 5.32 Å². The van der Waals surface area contributed by atoms with E-state index in [-0.39, 0.29) is 17.7 Å². The maximum absolute atomic E-state index is 12.7. The van der Waals surface area contributed by atoms with Crippen LogP contribution in [0.1, 0.15) is 63.4 Å². The van der Waals surface area contributed by atoms with E-state index in [0.29, 0.717) is 35.6 Å². The quantitative estimate of drug-likeness (QED) is 0.935. The van der Waals surface area contributed by atoms with Crippen molar-refractivity contribution in [1.82, 2.24) is 15.1 Å². The molecule has 0 fully saturated rings. The summed E-state index contributed by atoms with van der Waals surface area (Å²) in [5.74, 6) is 0.928. The van der Waals surface area contributed by atoms with Crippen molar-refractivity contribution in [2.24, 2.45) is 0 Å². The predicted molar refractivity (Wildman–Crippen MR) is 89.3 cm³/mol. The van der Waals surface area contributed by atoms with Gasteiger partial charge in [0.15, 0.2) is 5.78 Å². The Labute approximate surface area is 141 Å². The van der Waals surface area contributed by atoms with Crippen LogP contribution in [0.4, 0.5) is 0 Å². The van der Waals surface area contributed by atoms with Crippen LogP contribution >= 0.6 is 0 Å². The third-order valence-electron chi connectivity index (χ3n) is 4.40. The first-order valence-corrected chi connectivity index (χ1v) is 8.34. The van der Waals surface area contributed by atoms with Crippen molar-refractivity contribution in [3.63, 3.8) is 0 Å². The molecule has 3 rings (SSSR count). The summed E-state index contributed by atoms with van der Waals surface area (Å²) < 4.78 is 7.53. The highest BCUT2D eigenvalue weighted by Crippen LogP contribution is 2.29. The molecule has 1 amide bonds. The van der Waals surface area contributed by atoms with Crippen LogP contribution in [0.25, 0.3) is 0 Å². The molecule has 1 aliphatic carbocycles. The van der Waals surface area contributed by atoms with E-state index >= 15 is 0 Å². The minimum absolute atomic E-state index is 0.00412. The molecular weight excluding hydrogens is 306 g/mol. The van der Waals surface area contributed by atoms with E-state index in [0.717, 1.165) is 24.2 Å². The number of ketones is 1. The molecule has 0 spiro atoms. The highest BCUT2D eigenvalue weighted by atomic mass is 16.3. The zero-order valence-corrected chi connectivity index (χ0v) is 14.6. The molecule has 0 aliphatic heterocycles. The number of amides is 1. The van der Waals surface area contributed by atoms with Gasteiger partial charge in [-0.15, -0.1) is 0 Å². The van der Waals surface area contributed by atoms with E-state index in [1.54, 1.807) is 6.92 Å². The summed E-state index contributed by atoms with van der Waals surface area (Å²) in [6.45, 7) is 8.19. The minimum Gasteiger partial charge on any atom is -0.465 e. The first-order chi connectivity index (χ1) is 11.4. The van der Waals surface area contributed by atoms with Crippen LogP contribution in [-0.2, 0) is 13.0 Å². The van der Waals surface area contributed by atoms with Gasteiger partial charge in [-0.3, -0.25) is 14.3 Å². The highest BCUT2D eigenvalue weighted by molar-refractivity contribution is 6.10. The molecule has 2 aromatic rings. The number of hydrogen-bond acceptors (Lipinski definition) is 4. The number of carbonyl (C=O) groups is 2. The van der Waals surface area contributed by atoms with Crippen LogP contribution in [0, 0.1) is 20.8 Å². The van der Waals surface area contributed by atoms with E-state index in [2.05, 4.69) is 10.4 Å². The average molecular weight is 329 g/mol. The van der Waals surface area contributed by atoms with Gasteiger partial charge in [-0.05, 0) is 40.2 Å². The Balaban J connectivity index is 1.77. The lowest BCUT2D eigenvalue weighted by Crippen LogP contribution is -2.37. The van der Waals surface area contributed by atoms with Crippen LogP contribution in [0.5, 0.6) is 0 Å². The van der Waals surface area contributed by atoms with Gasteiger partial charge in [0.25, 0.3) is 5.91 Å². The molecule has 2 heterocycles. The Hall–Kier alpha value is -2.37. The summed E-state index contributed by atoms with van der Waals surface area (Å²) >= 11 is 0. The lowest BCUT2D eigenvalue weighted by molar-refractivity contribution is 0.0915. The Bertz CT molecular complexity index is 801. The fourth-order valence-corrected chi connectivity index (χ4v) is 3.34. The maximum Gasteiger partial charge on any atom is 0.255 e. The van der Waals surface area contributed by atoms with E-state index in [1.165, 1.54) is 0 Å². The molecule has 0 saturated carbocycles. The molecule has 6 nitrogen and oxygen atoms in total. The van der Waals surface area contributed by atoms with Crippen LogP contribution in [-0.4, -0.2) is 27.5 Å². The monoisotopic (exact) mass is 329 g/mol. The van der Waals surface area contributed by atoms with Crippen molar-refractivity contribution < 1.29 is 14.0 Å². The van der Waals surface area contributed by atoms with Crippen LogP contribution in [0.3, 0.4) is 0 Å². The SMILES string of the molecule is Cc1cc(C)n(CC(C)NC(=O)c2c(C)oc3c2C(=O)CCC3)n1. The average Bonchev–Trinajstić information content (AvgIpc) is 2.98. The van der Waals surface area contributed by atoms with Gasteiger partial charge in [0, 0.05) is 24.6 Å². The molecule has 1 atom stereocenters. The summed E-state index contributed by atoms with van der Waals surface area (Å²) in [6, 6.07) is 1.89. The molecule has 6 heteroatoms. The molecule has 0 aromatic carbocycles. The highest BCUT2D eigenvalue weighted by Gasteiger charge is 2.30. The second kappa shape index (κ2) is 6.26. The topological polar surface area (TPSA) is 77.1 Å². The van der Waals surface area contributed by atoms with Gasteiger partial charge in [0.1, 0.15) is 11.5 Å². The molecule has 0 saturated heterocycles. The van der Waals surface area contributed by atoms with Crippen LogP contribution in [0.15, 0.2) is 10.5 Å². The molecule has 1 N–H and O–H groups in total. The Morgan fingerprint density at radius 3 is 2.79 bits per heavy atom. The van der Waals surface area contributed by atoms with E-state index < -0.39 is 0 Å². The van der Waals surface area contributed by atoms with Crippen molar-refractivity contribution in [1.29, 1.82) is 0 Å². The molecule has 1 aliphatic rings. The van der Waals surface area contributed by atoms with E-state index in [9.17, 15) is 9.59 Å². The molecule has 0 bridgehead atoms. The Morgan fingerprint density at radius 2 is 2.12 bits per heavy atom. The second-order valence-electron chi connectivity index (χ2n) is 6.59. The summed E-state index contributed by atoms with van der Waals surface area (Å²) in [6.07, 6.45) is 1.98. The molecular formula is C18H23N3O3. The van der Waals surface area contributed by atoms with Gasteiger partial charge in [-0.1, -0.05) is 0 Å². The summed E-state index contributed by atoms with van der Waals surface area (Å²) in [4.78, 5) is 24.9. The third-order valence-corrected chi connectivity index (χ3v) is 4.40. The number of fused-ring (bicyclic) bond motifs is 1. The molecule has 128 valence electrons. The number of nitrogens with one attached hydrogen (secondary N) is 1. The summed E-state index contributed by atoms with van der Waals surface area (Å²) in [7, 11) is 0. The number of hydrogen-bond donors (Lipinski definition) is 1. The normalized spacial score (nSPS) is 15.2. The lowest BCUT2D eigenvalue weighted by Gasteiger charge is -2.16. The Morgan fingerprint density at radius 1 is 1.38 bits per heavy atom. The van der Waals surface area contributed by atoms with E-state index in [1.807, 2.05) is 31.5 Å². The zero-order chi connectivity index (χ0) is 17.4. The van der Waals surface area contributed by atoms with Gasteiger partial charge in [0.05, 0.1) is 23.4 Å². The van der Waals surface area contributed by atoms with E-state index in [4.69, 9.17) is 4.42 Å². The van der Waals surface area contributed by atoms with Crippen molar-refractivity contribution in [2.75, 3.05) is 0 Å². The number of Topliss-reactive ketones (excluding diaryl/α,β-unsaturated/α-hetero) is 1. The number of aryl methyl sites for hydroxylation is 4. The fraction of sp³-hybridized carbons (Fsp3) is 0.500. The lowest BCUT2D eigenvalue weighted by atomic mass is 9.93. The molecule has 0 radical (unpaired) electrons. The van der Waals surface area contributed by atoms with Crippen molar-refractivity contribution in [2.45, 2.75) is 59.5 Å². The van der Waals surface area contributed by atoms with Gasteiger partial charge < -0.3 is 9.73 Å². The third kappa shape index (κ3) is 3.00. The van der Waals surface area contributed by atoms with Gasteiger partial charge >= 0.3 is 0 Å². The number of furan rings is 1. The number of carbonyl (C=O) groups excluding carboxylic acids is 2. The van der Waals surface area contributed by atoms with Gasteiger partial charge in [-0.25, -0.2) is 0 Å². The smallest absolute Gasteiger partial charge is 0.255 e. The molecule has 2 aromatic heterocycles. The minimum atomic E-state index is -0.248. The standard InChI is InChI=1S/C18H23N3O3/c1-10-8-12(3)21(20-10)9-11(2)19-18(23)16-13(4)24-15-7-5-6-14(22)17(15)16/h8,11H,5-7,9H2,1-4H3,(H,19,23). The second-order valence-corrected chi connectivity index (χ2v) is 6.59. The molecule has 1 unspecified atom stereocenters. The summed E-state index contributed by atoms with van der Waals surface area (Å²) in [5, 5.41) is 7.38. The van der Waals surface area contributed by atoms with Crippen molar-refractivity contribution in [3.05, 3.63) is 40.1 Å². The van der Waals surface area contributed by atoms with Gasteiger partial charge in [-0.2, -0.15) is 5.10 Å². The fourth-order valence-electron chi connectivity index (χ4n) is 3.34. The first-order valence-electron chi connectivity index (χ1n) is 8.34. The largest absolute Gasteiger partial charge is 0.465 e. The zero-order valence-electron chi connectivity index (χ0n) is 14.6. The number of nitrogens with zero attached hydrogens (tertiary/aromatic N) is 2. The van der Waals surface area contributed by atoms with Crippen molar-refractivity contribution >= 4 is 11.7 Å². The predicted octanol–water partition coefficient (Wildman–Crippen LogP) is 2.74. The Kier molecular flexibility index (Phi) is 4.30. The number of rotatable bonds is 4. The number of aromatic nitrogens is 2. The van der Waals surface area contributed by atoms with Gasteiger partial charge in [0.2, 0.25) is 0 Å². The first kappa shape index (κ1) is 16.5.